The van der Waals surface area contributed by atoms with Gasteiger partial charge in [-0.2, -0.15) is 0 Å². The van der Waals surface area contributed by atoms with Crippen LogP contribution in [0.15, 0.2) is 36.4 Å². The number of methoxy groups -OCH3 is 2. The van der Waals surface area contributed by atoms with Crippen LogP contribution >= 0.6 is 0 Å². The highest BCUT2D eigenvalue weighted by atomic mass is 16.6. The second-order valence-electron chi connectivity index (χ2n) is 9.58. The summed E-state index contributed by atoms with van der Waals surface area (Å²) in [4.78, 5) is 16.3. The Morgan fingerprint density at radius 2 is 1.72 bits per heavy atom. The summed E-state index contributed by atoms with van der Waals surface area (Å²) in [7, 11) is 3.34. The Kier molecular flexibility index (Phi) is 6.18. The molecule has 32 heavy (non-hydrogen) atoms. The fraction of sp³-hybridized carbons (Fsp3) is 0.444. The Balaban J connectivity index is 1.86. The van der Waals surface area contributed by atoms with Crippen molar-refractivity contribution in [2.45, 2.75) is 64.4 Å². The number of aromatic nitrogens is 1. The number of benzene rings is 2. The molecule has 0 aliphatic heterocycles. The predicted octanol–water partition coefficient (Wildman–Crippen LogP) is 6.86. The van der Waals surface area contributed by atoms with Crippen LogP contribution in [0.5, 0.6) is 11.5 Å². The Bertz CT molecular complexity index is 1120. The molecule has 1 aliphatic rings. The summed E-state index contributed by atoms with van der Waals surface area (Å²) in [6, 6.07) is 11.8. The van der Waals surface area contributed by atoms with Crippen molar-refractivity contribution >= 4 is 16.9 Å². The van der Waals surface area contributed by atoms with E-state index in [0.717, 1.165) is 33.7 Å². The van der Waals surface area contributed by atoms with E-state index in [-0.39, 0.29) is 5.97 Å². The van der Waals surface area contributed by atoms with Crippen LogP contribution < -0.4 is 9.47 Å². The molecule has 5 nitrogen and oxygen atoms in total. The predicted molar refractivity (Wildman–Crippen MR) is 128 cm³/mol. The van der Waals surface area contributed by atoms with Gasteiger partial charge in [0.1, 0.15) is 17.1 Å². The van der Waals surface area contributed by atoms with Gasteiger partial charge in [-0.3, -0.25) is 0 Å². The first kappa shape index (κ1) is 22.3. The summed E-state index contributed by atoms with van der Waals surface area (Å²) >= 11 is 0. The lowest BCUT2D eigenvalue weighted by Gasteiger charge is -2.23. The maximum atomic E-state index is 12.7. The van der Waals surface area contributed by atoms with Crippen molar-refractivity contribution in [1.82, 2.24) is 4.98 Å². The van der Waals surface area contributed by atoms with Gasteiger partial charge in [0.25, 0.3) is 0 Å². The van der Waals surface area contributed by atoms with Crippen LogP contribution in [-0.4, -0.2) is 30.8 Å². The summed E-state index contributed by atoms with van der Waals surface area (Å²) in [6.45, 7) is 5.65. The lowest BCUT2D eigenvalue weighted by atomic mass is 9.81. The van der Waals surface area contributed by atoms with E-state index in [4.69, 9.17) is 14.2 Å². The average Bonchev–Trinajstić information content (AvgIpc) is 3.16. The summed E-state index contributed by atoms with van der Waals surface area (Å²) in [5.74, 6) is 1.69. The molecule has 1 aromatic heterocycles. The molecular weight excluding hydrogens is 402 g/mol. The van der Waals surface area contributed by atoms with Gasteiger partial charge < -0.3 is 19.2 Å². The van der Waals surface area contributed by atoms with Crippen LogP contribution in [0.1, 0.15) is 74.7 Å². The number of nitrogens with one attached hydrogen (secondary N) is 1. The minimum atomic E-state index is -0.531. The number of carbonyl (C=O) groups excluding carboxylic acids is 1. The molecule has 1 saturated carbocycles. The zero-order valence-corrected chi connectivity index (χ0v) is 19.7. The first-order valence-corrected chi connectivity index (χ1v) is 11.4. The molecular formula is C27H33NO4. The topological polar surface area (TPSA) is 60.6 Å². The van der Waals surface area contributed by atoms with Gasteiger partial charge >= 0.3 is 5.97 Å². The van der Waals surface area contributed by atoms with Crippen molar-refractivity contribution in [2.24, 2.45) is 0 Å². The van der Waals surface area contributed by atoms with E-state index < -0.39 is 5.60 Å². The fourth-order valence-electron chi connectivity index (χ4n) is 4.72. The zero-order valence-electron chi connectivity index (χ0n) is 19.7. The first-order valence-electron chi connectivity index (χ1n) is 11.4. The molecule has 5 heteroatoms. The van der Waals surface area contributed by atoms with Crippen molar-refractivity contribution in [3.8, 4) is 22.8 Å². The summed E-state index contributed by atoms with van der Waals surface area (Å²) in [5.41, 5.74) is 4.35. The standard InChI is InChI=1S/C27H33NO4/c1-27(2,3)32-26(29)18-11-13-20-22(15-18)28-25(24(20)17-9-7-6-8-10-17)21-14-12-19(30-4)16-23(21)31-5/h11-17,28H,6-10H2,1-5H3. The minimum Gasteiger partial charge on any atom is -0.497 e. The Labute approximate surface area is 190 Å². The molecule has 1 N–H and O–H groups in total. The Morgan fingerprint density at radius 1 is 0.969 bits per heavy atom. The Hall–Kier alpha value is -2.95. The number of aromatic amines is 1. The largest absolute Gasteiger partial charge is 0.497 e. The highest BCUT2D eigenvalue weighted by molar-refractivity contribution is 5.98. The Morgan fingerprint density at radius 3 is 2.38 bits per heavy atom. The maximum absolute atomic E-state index is 12.7. The quantitative estimate of drug-likeness (QED) is 0.445. The average molecular weight is 436 g/mol. The summed E-state index contributed by atoms with van der Waals surface area (Å²) in [6.07, 6.45) is 6.13. The van der Waals surface area contributed by atoms with Gasteiger partial charge in [0, 0.05) is 22.5 Å². The van der Waals surface area contributed by atoms with Gasteiger partial charge in [-0.1, -0.05) is 25.3 Å². The minimum absolute atomic E-state index is 0.309. The number of hydrogen-bond acceptors (Lipinski definition) is 4. The van der Waals surface area contributed by atoms with E-state index in [0.29, 0.717) is 11.5 Å². The molecule has 0 atom stereocenters. The zero-order chi connectivity index (χ0) is 22.9. The number of esters is 1. The normalized spacial score (nSPS) is 15.0. The number of hydrogen-bond donors (Lipinski definition) is 1. The van der Waals surface area contributed by atoms with Gasteiger partial charge in [-0.15, -0.1) is 0 Å². The van der Waals surface area contributed by atoms with E-state index in [2.05, 4.69) is 11.1 Å². The molecule has 0 unspecified atom stereocenters. The lowest BCUT2D eigenvalue weighted by molar-refractivity contribution is 0.00696. The van der Waals surface area contributed by atoms with Crippen molar-refractivity contribution < 1.29 is 19.0 Å². The van der Waals surface area contributed by atoms with Crippen molar-refractivity contribution in [1.29, 1.82) is 0 Å². The van der Waals surface area contributed by atoms with E-state index in [1.165, 1.54) is 37.7 Å². The van der Waals surface area contributed by atoms with Crippen LogP contribution in [0.3, 0.4) is 0 Å². The molecule has 1 fully saturated rings. The SMILES string of the molecule is COc1ccc(-c2[nH]c3cc(C(=O)OC(C)(C)C)ccc3c2C2CCCCC2)c(OC)c1. The van der Waals surface area contributed by atoms with Crippen LogP contribution in [0.25, 0.3) is 22.2 Å². The fourth-order valence-corrected chi connectivity index (χ4v) is 4.72. The maximum Gasteiger partial charge on any atom is 0.338 e. The second-order valence-corrected chi connectivity index (χ2v) is 9.58. The molecule has 1 heterocycles. The van der Waals surface area contributed by atoms with Gasteiger partial charge in [0.15, 0.2) is 0 Å². The van der Waals surface area contributed by atoms with Crippen LogP contribution in [0.4, 0.5) is 0 Å². The lowest BCUT2D eigenvalue weighted by Crippen LogP contribution is -2.23. The van der Waals surface area contributed by atoms with Gasteiger partial charge in [-0.05, 0) is 69.4 Å². The van der Waals surface area contributed by atoms with Gasteiger partial charge in [0.05, 0.1) is 25.5 Å². The number of ether oxygens (including phenoxy) is 3. The number of carbonyl (C=O) groups is 1. The summed E-state index contributed by atoms with van der Waals surface area (Å²) < 4.78 is 16.7. The third kappa shape index (κ3) is 4.47. The van der Waals surface area contributed by atoms with Gasteiger partial charge in [-0.25, -0.2) is 4.79 Å². The van der Waals surface area contributed by atoms with Crippen LogP contribution in [0.2, 0.25) is 0 Å². The van der Waals surface area contributed by atoms with Crippen molar-refractivity contribution in [2.75, 3.05) is 14.2 Å². The number of fused-ring (bicyclic) bond motifs is 1. The highest BCUT2D eigenvalue weighted by Gasteiger charge is 2.26. The van der Waals surface area contributed by atoms with Crippen molar-refractivity contribution in [3.05, 3.63) is 47.5 Å². The molecule has 170 valence electrons. The molecule has 1 aliphatic carbocycles. The van der Waals surface area contributed by atoms with E-state index in [1.54, 1.807) is 14.2 Å². The molecule has 2 aromatic carbocycles. The van der Waals surface area contributed by atoms with E-state index in [1.807, 2.05) is 51.1 Å². The number of H-pyrrole nitrogens is 1. The third-order valence-electron chi connectivity index (χ3n) is 6.16. The monoisotopic (exact) mass is 435 g/mol. The van der Waals surface area contributed by atoms with E-state index >= 15 is 0 Å². The smallest absolute Gasteiger partial charge is 0.338 e. The second kappa shape index (κ2) is 8.89. The van der Waals surface area contributed by atoms with Gasteiger partial charge in [0.2, 0.25) is 0 Å². The molecule has 4 rings (SSSR count). The number of rotatable bonds is 5. The molecule has 0 amide bonds. The van der Waals surface area contributed by atoms with Crippen LogP contribution in [-0.2, 0) is 4.74 Å². The third-order valence-corrected chi connectivity index (χ3v) is 6.16. The van der Waals surface area contributed by atoms with Crippen LogP contribution in [0, 0.1) is 0 Å². The van der Waals surface area contributed by atoms with E-state index in [9.17, 15) is 4.79 Å². The molecule has 0 saturated heterocycles. The highest BCUT2D eigenvalue weighted by Crippen LogP contribution is 2.45. The molecule has 0 radical (unpaired) electrons. The van der Waals surface area contributed by atoms with Crippen molar-refractivity contribution in [3.63, 3.8) is 0 Å². The molecule has 3 aromatic rings. The molecule has 0 bridgehead atoms. The summed E-state index contributed by atoms with van der Waals surface area (Å²) in [5, 5.41) is 1.16. The molecule has 0 spiro atoms. The first-order chi connectivity index (χ1) is 15.3.